The van der Waals surface area contributed by atoms with E-state index in [2.05, 4.69) is 4.98 Å². The van der Waals surface area contributed by atoms with Gasteiger partial charge in [-0.3, -0.25) is 4.98 Å². The Labute approximate surface area is 194 Å². The zero-order valence-electron chi connectivity index (χ0n) is 18.5. The van der Waals surface area contributed by atoms with Crippen molar-refractivity contribution in [1.82, 2.24) is 14.8 Å². The lowest BCUT2D eigenvalue weighted by molar-refractivity contribution is -0.138. The van der Waals surface area contributed by atoms with Gasteiger partial charge in [0.2, 0.25) is 0 Å². The molecule has 2 aliphatic carbocycles. The summed E-state index contributed by atoms with van der Waals surface area (Å²) in [5.41, 5.74) is 0.793. The van der Waals surface area contributed by atoms with Gasteiger partial charge in [0.05, 0.1) is 24.8 Å². The lowest BCUT2D eigenvalue weighted by Gasteiger charge is -2.60. The number of carbonyl (C=O) groups is 1. The molecule has 5 nitrogen and oxygen atoms in total. The molecule has 2 saturated heterocycles. The second-order valence-electron chi connectivity index (χ2n) is 10.3. The molecular formula is C25H25F4N3O2. The Morgan fingerprint density at radius 1 is 1.03 bits per heavy atom. The van der Waals surface area contributed by atoms with Crippen molar-refractivity contribution >= 4 is 6.03 Å². The lowest BCUT2D eigenvalue weighted by atomic mass is 9.56. The highest BCUT2D eigenvalue weighted by atomic mass is 19.4. The van der Waals surface area contributed by atoms with Crippen molar-refractivity contribution in [3.63, 3.8) is 0 Å². The van der Waals surface area contributed by atoms with Gasteiger partial charge in [-0.1, -0.05) is 0 Å². The number of likely N-dealkylation sites (tertiary alicyclic amines) is 2. The summed E-state index contributed by atoms with van der Waals surface area (Å²) >= 11 is 0. The van der Waals surface area contributed by atoms with Gasteiger partial charge in [-0.2, -0.15) is 13.2 Å². The number of pyridine rings is 1. The summed E-state index contributed by atoms with van der Waals surface area (Å²) < 4.78 is 59.1. The summed E-state index contributed by atoms with van der Waals surface area (Å²) in [5, 5.41) is 0. The number of urea groups is 1. The Morgan fingerprint density at radius 3 is 2.41 bits per heavy atom. The molecule has 2 saturated carbocycles. The third kappa shape index (κ3) is 3.88. The van der Waals surface area contributed by atoms with Crippen LogP contribution in [0.1, 0.15) is 54.2 Å². The molecule has 0 radical (unpaired) electrons. The first kappa shape index (κ1) is 21.7. The van der Waals surface area contributed by atoms with Crippen LogP contribution in [0.5, 0.6) is 5.75 Å². The van der Waals surface area contributed by atoms with Crippen LogP contribution >= 0.6 is 0 Å². The third-order valence-corrected chi connectivity index (χ3v) is 7.65. The van der Waals surface area contributed by atoms with Gasteiger partial charge in [-0.25, -0.2) is 9.18 Å². The van der Waals surface area contributed by atoms with E-state index in [0.29, 0.717) is 43.4 Å². The average Bonchev–Trinajstić information content (AvgIpc) is 3.52. The molecule has 9 heteroatoms. The summed E-state index contributed by atoms with van der Waals surface area (Å²) in [6, 6.07) is 5.52. The van der Waals surface area contributed by atoms with Gasteiger partial charge in [0, 0.05) is 24.7 Å². The van der Waals surface area contributed by atoms with Gasteiger partial charge in [-0.15, -0.1) is 0 Å². The molecule has 0 N–H and O–H groups in total. The maximum absolute atomic E-state index is 13.4. The zero-order chi connectivity index (χ0) is 23.7. The van der Waals surface area contributed by atoms with Gasteiger partial charge in [0.1, 0.15) is 17.7 Å². The van der Waals surface area contributed by atoms with Gasteiger partial charge < -0.3 is 14.5 Å². The molecule has 1 spiro atoms. The summed E-state index contributed by atoms with van der Waals surface area (Å²) in [6.45, 7) is 2.27. The molecule has 0 atom stereocenters. The summed E-state index contributed by atoms with van der Waals surface area (Å²) in [6.07, 6.45) is 1.76. The molecule has 4 aliphatic rings. The molecular weight excluding hydrogens is 450 g/mol. The number of rotatable bonds is 4. The Hall–Kier alpha value is -2.84. The Kier molecular flexibility index (Phi) is 4.83. The van der Waals surface area contributed by atoms with E-state index < -0.39 is 11.7 Å². The quantitative estimate of drug-likeness (QED) is 0.573. The molecule has 1 aromatic heterocycles. The first-order valence-electron chi connectivity index (χ1n) is 11.7. The maximum atomic E-state index is 13.4. The largest absolute Gasteiger partial charge is 0.487 e. The van der Waals surface area contributed by atoms with Crippen molar-refractivity contribution in [3.8, 4) is 5.75 Å². The number of benzene rings is 1. The van der Waals surface area contributed by atoms with Gasteiger partial charge in [0.15, 0.2) is 0 Å². The van der Waals surface area contributed by atoms with Gasteiger partial charge in [0.25, 0.3) is 0 Å². The molecule has 2 aromatic rings. The van der Waals surface area contributed by atoms with Crippen LogP contribution in [0, 0.1) is 11.2 Å². The van der Waals surface area contributed by atoms with Crippen molar-refractivity contribution in [3.05, 3.63) is 59.2 Å². The standard InChI is InChI=1S/C25H25F4N3O2/c26-18-5-16(9-30-10-18)17-7-24(8-17)13-32(14-24)23(33)31-11-20(12-31)34-19-3-4-22(25(27,28)29)21(6-19)15-1-2-15/h3-6,9-10,15,17,20H,1-2,7-8,11-14H2. The predicted octanol–water partition coefficient (Wildman–Crippen LogP) is 5.18. The van der Waals surface area contributed by atoms with Crippen LogP contribution in [0.2, 0.25) is 0 Å². The minimum atomic E-state index is -4.36. The molecule has 180 valence electrons. The van der Waals surface area contributed by atoms with Gasteiger partial charge >= 0.3 is 12.2 Å². The second kappa shape index (κ2) is 7.58. The average molecular weight is 475 g/mol. The van der Waals surface area contributed by atoms with Crippen molar-refractivity contribution in [2.75, 3.05) is 26.2 Å². The van der Waals surface area contributed by atoms with Crippen molar-refractivity contribution in [2.45, 2.75) is 49.8 Å². The Morgan fingerprint density at radius 2 is 1.76 bits per heavy atom. The normalized spacial score (nSPS) is 22.2. The SMILES string of the molecule is O=C(N1CC(Oc2ccc(C(F)(F)F)c(C3CC3)c2)C1)N1CC2(CC(c3cncc(F)c3)C2)C1. The minimum absolute atomic E-state index is 0.0209. The van der Waals surface area contributed by atoms with E-state index in [0.717, 1.165) is 37.3 Å². The topological polar surface area (TPSA) is 45.7 Å². The highest BCUT2D eigenvalue weighted by Crippen LogP contribution is 2.56. The summed E-state index contributed by atoms with van der Waals surface area (Å²) in [4.78, 5) is 20.2. The third-order valence-electron chi connectivity index (χ3n) is 7.65. The molecule has 2 amide bonds. The first-order chi connectivity index (χ1) is 16.2. The van der Waals surface area contributed by atoms with E-state index in [1.54, 1.807) is 11.1 Å². The van der Waals surface area contributed by atoms with Crippen molar-refractivity contribution in [2.24, 2.45) is 5.41 Å². The number of alkyl halides is 3. The minimum Gasteiger partial charge on any atom is -0.487 e. The number of ether oxygens (including phenoxy) is 1. The van der Waals surface area contributed by atoms with Gasteiger partial charge in [-0.05, 0) is 72.9 Å². The number of hydrogen-bond donors (Lipinski definition) is 0. The number of carbonyl (C=O) groups excluding carboxylic acids is 1. The highest BCUT2D eigenvalue weighted by molar-refractivity contribution is 5.76. The number of aromatic nitrogens is 1. The summed E-state index contributed by atoms with van der Waals surface area (Å²) in [5.74, 6) is 0.369. The first-order valence-corrected chi connectivity index (χ1v) is 11.7. The van der Waals surface area contributed by atoms with E-state index in [-0.39, 0.29) is 29.3 Å². The molecule has 0 unspecified atom stereocenters. The van der Waals surface area contributed by atoms with Crippen LogP contribution in [-0.4, -0.2) is 53.1 Å². The monoisotopic (exact) mass is 475 g/mol. The molecule has 0 bridgehead atoms. The lowest BCUT2D eigenvalue weighted by Crippen LogP contribution is -2.68. The fourth-order valence-corrected chi connectivity index (χ4v) is 5.70. The van der Waals surface area contributed by atoms with Crippen molar-refractivity contribution < 1.29 is 27.1 Å². The number of nitrogens with zero attached hydrogens (tertiary/aromatic N) is 3. The molecule has 4 fully saturated rings. The molecule has 6 rings (SSSR count). The number of hydrogen-bond acceptors (Lipinski definition) is 3. The predicted molar refractivity (Wildman–Crippen MR) is 115 cm³/mol. The van der Waals surface area contributed by atoms with Crippen LogP contribution < -0.4 is 4.74 Å². The molecule has 1 aromatic carbocycles. The summed E-state index contributed by atoms with van der Waals surface area (Å²) in [7, 11) is 0. The van der Waals surface area contributed by atoms with Crippen molar-refractivity contribution in [1.29, 1.82) is 0 Å². The van der Waals surface area contributed by atoms with Crippen LogP contribution in [-0.2, 0) is 6.18 Å². The van der Waals surface area contributed by atoms with E-state index in [1.807, 2.05) is 4.90 Å². The zero-order valence-corrected chi connectivity index (χ0v) is 18.5. The fourth-order valence-electron chi connectivity index (χ4n) is 5.70. The van der Waals surface area contributed by atoms with E-state index in [4.69, 9.17) is 4.74 Å². The second-order valence-corrected chi connectivity index (χ2v) is 10.3. The molecule has 34 heavy (non-hydrogen) atoms. The maximum Gasteiger partial charge on any atom is 0.416 e. The highest BCUT2D eigenvalue weighted by Gasteiger charge is 2.55. The van der Waals surface area contributed by atoms with Crippen LogP contribution in [0.25, 0.3) is 0 Å². The van der Waals surface area contributed by atoms with E-state index in [1.165, 1.54) is 24.4 Å². The smallest absolute Gasteiger partial charge is 0.416 e. The Bertz CT molecular complexity index is 1110. The Balaban J connectivity index is 0.983. The van der Waals surface area contributed by atoms with Crippen LogP contribution in [0.4, 0.5) is 22.4 Å². The molecule has 3 heterocycles. The van der Waals surface area contributed by atoms with E-state index in [9.17, 15) is 22.4 Å². The van der Waals surface area contributed by atoms with E-state index >= 15 is 0 Å². The number of amides is 2. The van der Waals surface area contributed by atoms with Crippen LogP contribution in [0.15, 0.2) is 36.7 Å². The molecule has 2 aliphatic heterocycles. The van der Waals surface area contributed by atoms with Crippen LogP contribution in [0.3, 0.4) is 0 Å². The fraction of sp³-hybridized carbons (Fsp3) is 0.520. The number of halogens is 4.